The topological polar surface area (TPSA) is 12.0 Å². The lowest BCUT2D eigenvalue weighted by atomic mass is 10.1. The number of thiophene rings is 3. The molecule has 3 heterocycles. The van der Waals surface area contributed by atoms with Crippen LogP contribution in [0.3, 0.4) is 0 Å². The quantitative estimate of drug-likeness (QED) is 0.614. The van der Waals surface area contributed by atoms with Gasteiger partial charge in [-0.3, -0.25) is 5.32 Å². The molecule has 0 radical (unpaired) electrons. The van der Waals surface area contributed by atoms with E-state index in [9.17, 15) is 0 Å². The molecule has 0 fully saturated rings. The minimum absolute atomic E-state index is 0.307. The Morgan fingerprint density at radius 3 is 1.75 bits per heavy atom. The SMILES string of the molecule is CCC(NC(c1cccs1)c1cccs1)c1cccs1. The molecule has 0 saturated carbocycles. The van der Waals surface area contributed by atoms with Gasteiger partial charge in [0.2, 0.25) is 0 Å². The van der Waals surface area contributed by atoms with Crippen LogP contribution in [-0.4, -0.2) is 0 Å². The van der Waals surface area contributed by atoms with E-state index in [4.69, 9.17) is 0 Å². The Morgan fingerprint density at radius 2 is 1.35 bits per heavy atom. The number of hydrogen-bond donors (Lipinski definition) is 1. The molecule has 0 aliphatic heterocycles. The highest BCUT2D eigenvalue weighted by Gasteiger charge is 2.21. The molecular weight excluding hydrogens is 302 g/mol. The molecule has 0 amide bonds. The summed E-state index contributed by atoms with van der Waals surface area (Å²) in [6.45, 7) is 2.25. The first kappa shape index (κ1) is 14.0. The van der Waals surface area contributed by atoms with Crippen molar-refractivity contribution in [2.75, 3.05) is 0 Å². The third-order valence-electron chi connectivity index (χ3n) is 3.32. The first-order valence-electron chi connectivity index (χ1n) is 6.74. The average molecular weight is 320 g/mol. The van der Waals surface area contributed by atoms with Gasteiger partial charge in [-0.25, -0.2) is 0 Å². The molecule has 0 bridgehead atoms. The molecule has 0 spiro atoms. The summed E-state index contributed by atoms with van der Waals surface area (Å²) in [5.41, 5.74) is 0. The van der Waals surface area contributed by atoms with E-state index in [2.05, 4.69) is 64.8 Å². The summed E-state index contributed by atoms with van der Waals surface area (Å²) in [4.78, 5) is 4.20. The van der Waals surface area contributed by atoms with E-state index in [0.29, 0.717) is 12.1 Å². The minimum Gasteiger partial charge on any atom is -0.297 e. The third kappa shape index (κ3) is 3.04. The molecule has 1 N–H and O–H groups in total. The molecule has 1 nitrogen and oxygen atoms in total. The summed E-state index contributed by atoms with van der Waals surface area (Å²) in [7, 11) is 0. The van der Waals surface area contributed by atoms with Crippen LogP contribution in [0.5, 0.6) is 0 Å². The summed E-state index contributed by atoms with van der Waals surface area (Å²) in [5, 5.41) is 10.3. The smallest absolute Gasteiger partial charge is 0.0769 e. The summed E-state index contributed by atoms with van der Waals surface area (Å²) in [6.07, 6.45) is 1.10. The van der Waals surface area contributed by atoms with Crippen LogP contribution in [0.15, 0.2) is 52.5 Å². The van der Waals surface area contributed by atoms with Gasteiger partial charge in [-0.15, -0.1) is 34.0 Å². The van der Waals surface area contributed by atoms with Crippen molar-refractivity contribution in [3.05, 3.63) is 67.2 Å². The Hall–Kier alpha value is -0.940. The van der Waals surface area contributed by atoms with Gasteiger partial charge >= 0.3 is 0 Å². The predicted octanol–water partition coefficient (Wildman–Crippen LogP) is 5.70. The van der Waals surface area contributed by atoms with E-state index >= 15 is 0 Å². The molecule has 20 heavy (non-hydrogen) atoms. The lowest BCUT2D eigenvalue weighted by Gasteiger charge is -2.23. The van der Waals surface area contributed by atoms with Gasteiger partial charge in [-0.1, -0.05) is 25.1 Å². The Labute approximate surface area is 131 Å². The van der Waals surface area contributed by atoms with Crippen molar-refractivity contribution in [1.82, 2.24) is 5.32 Å². The van der Waals surface area contributed by atoms with Gasteiger partial charge in [0.05, 0.1) is 6.04 Å². The lowest BCUT2D eigenvalue weighted by Crippen LogP contribution is -2.25. The van der Waals surface area contributed by atoms with E-state index in [0.717, 1.165) is 6.42 Å². The van der Waals surface area contributed by atoms with Crippen molar-refractivity contribution in [2.24, 2.45) is 0 Å². The minimum atomic E-state index is 0.307. The maximum absolute atomic E-state index is 3.84. The fourth-order valence-electron chi connectivity index (χ4n) is 2.31. The molecule has 1 unspecified atom stereocenters. The number of hydrogen-bond acceptors (Lipinski definition) is 4. The van der Waals surface area contributed by atoms with E-state index in [1.165, 1.54) is 14.6 Å². The number of nitrogens with one attached hydrogen (secondary N) is 1. The standard InChI is InChI=1S/C16H17NS3/c1-2-12(13-6-3-9-18-13)17-16(14-7-4-10-19-14)15-8-5-11-20-15/h3-12,16-17H,2H2,1H3. The zero-order chi connectivity index (χ0) is 13.8. The second kappa shape index (κ2) is 6.68. The summed E-state index contributed by atoms with van der Waals surface area (Å²) in [5.74, 6) is 0. The van der Waals surface area contributed by atoms with Crippen LogP contribution < -0.4 is 5.32 Å². The highest BCUT2D eigenvalue weighted by atomic mass is 32.1. The van der Waals surface area contributed by atoms with Gasteiger partial charge in [0.1, 0.15) is 0 Å². The third-order valence-corrected chi connectivity index (χ3v) is 6.18. The van der Waals surface area contributed by atoms with Gasteiger partial charge in [0.15, 0.2) is 0 Å². The second-order valence-corrected chi connectivity index (χ2v) is 7.54. The Balaban J connectivity index is 1.87. The Morgan fingerprint density at radius 1 is 0.850 bits per heavy atom. The van der Waals surface area contributed by atoms with Crippen LogP contribution in [0.1, 0.15) is 40.1 Å². The molecule has 0 saturated heterocycles. The summed E-state index contributed by atoms with van der Waals surface area (Å²) < 4.78 is 0. The monoisotopic (exact) mass is 319 g/mol. The molecule has 4 heteroatoms. The lowest BCUT2D eigenvalue weighted by molar-refractivity contribution is 0.488. The van der Waals surface area contributed by atoms with Crippen LogP contribution in [0.2, 0.25) is 0 Å². The highest BCUT2D eigenvalue weighted by Crippen LogP contribution is 2.33. The van der Waals surface area contributed by atoms with Gasteiger partial charge < -0.3 is 0 Å². The predicted molar refractivity (Wildman–Crippen MR) is 91.0 cm³/mol. The van der Waals surface area contributed by atoms with Crippen molar-refractivity contribution in [3.63, 3.8) is 0 Å². The first-order valence-corrected chi connectivity index (χ1v) is 9.38. The maximum atomic E-state index is 3.84. The van der Waals surface area contributed by atoms with Crippen molar-refractivity contribution in [3.8, 4) is 0 Å². The van der Waals surface area contributed by atoms with Gasteiger partial charge in [0.25, 0.3) is 0 Å². The van der Waals surface area contributed by atoms with E-state index in [-0.39, 0.29) is 0 Å². The van der Waals surface area contributed by atoms with Crippen LogP contribution >= 0.6 is 34.0 Å². The fourth-order valence-corrected chi connectivity index (χ4v) is 4.86. The summed E-state index contributed by atoms with van der Waals surface area (Å²) >= 11 is 5.49. The van der Waals surface area contributed by atoms with E-state index in [1.807, 2.05) is 34.0 Å². The maximum Gasteiger partial charge on any atom is 0.0769 e. The average Bonchev–Trinajstić information content (AvgIpc) is 3.23. The summed E-state index contributed by atoms with van der Waals surface area (Å²) in [6, 6.07) is 13.8. The first-order chi connectivity index (χ1) is 9.88. The Bertz CT molecular complexity index is 562. The molecule has 0 aromatic carbocycles. The van der Waals surface area contributed by atoms with Crippen molar-refractivity contribution in [2.45, 2.75) is 25.4 Å². The normalized spacial score (nSPS) is 12.9. The highest BCUT2D eigenvalue weighted by molar-refractivity contribution is 7.11. The van der Waals surface area contributed by atoms with Crippen molar-refractivity contribution < 1.29 is 0 Å². The van der Waals surface area contributed by atoms with Crippen molar-refractivity contribution in [1.29, 1.82) is 0 Å². The van der Waals surface area contributed by atoms with E-state index in [1.54, 1.807) is 0 Å². The molecule has 3 aromatic heterocycles. The molecule has 0 aliphatic rings. The fraction of sp³-hybridized carbons (Fsp3) is 0.250. The molecule has 0 aliphatic carbocycles. The van der Waals surface area contributed by atoms with Gasteiger partial charge in [-0.05, 0) is 40.8 Å². The Kier molecular flexibility index (Phi) is 4.68. The molecule has 3 rings (SSSR count). The van der Waals surface area contributed by atoms with Gasteiger partial charge in [-0.2, -0.15) is 0 Å². The molecule has 104 valence electrons. The molecular formula is C16H17NS3. The molecule has 1 atom stereocenters. The zero-order valence-electron chi connectivity index (χ0n) is 11.3. The van der Waals surface area contributed by atoms with Crippen molar-refractivity contribution >= 4 is 34.0 Å². The van der Waals surface area contributed by atoms with Crippen LogP contribution in [0.25, 0.3) is 0 Å². The van der Waals surface area contributed by atoms with Crippen LogP contribution in [0, 0.1) is 0 Å². The van der Waals surface area contributed by atoms with Crippen LogP contribution in [-0.2, 0) is 0 Å². The largest absolute Gasteiger partial charge is 0.297 e. The second-order valence-electron chi connectivity index (χ2n) is 4.61. The van der Waals surface area contributed by atoms with Gasteiger partial charge in [0, 0.05) is 20.7 Å². The van der Waals surface area contributed by atoms with Crippen LogP contribution in [0.4, 0.5) is 0 Å². The zero-order valence-corrected chi connectivity index (χ0v) is 13.7. The molecule has 3 aromatic rings. The number of rotatable bonds is 6. The van der Waals surface area contributed by atoms with E-state index < -0.39 is 0 Å².